The van der Waals surface area contributed by atoms with Crippen LogP contribution in [0.5, 0.6) is 5.75 Å². The van der Waals surface area contributed by atoms with Gasteiger partial charge in [-0.05, 0) is 87.1 Å². The van der Waals surface area contributed by atoms with Crippen molar-refractivity contribution in [3.05, 3.63) is 57.5 Å². The molecule has 3 heterocycles. The molecule has 6 heteroatoms. The molecule has 2 N–H and O–H groups in total. The Morgan fingerprint density at radius 2 is 1.82 bits per heavy atom. The van der Waals surface area contributed by atoms with Crippen LogP contribution in [0.15, 0.2) is 35.3 Å². The zero-order valence-electron chi connectivity index (χ0n) is 20.1. The van der Waals surface area contributed by atoms with Crippen LogP contribution >= 0.6 is 0 Å². The first-order valence-corrected chi connectivity index (χ1v) is 13.3. The van der Waals surface area contributed by atoms with Crippen molar-refractivity contribution in [2.75, 3.05) is 6.54 Å². The zero-order chi connectivity index (χ0) is 23.1. The summed E-state index contributed by atoms with van der Waals surface area (Å²) in [4.78, 5) is 14.3. The van der Waals surface area contributed by atoms with Gasteiger partial charge in [0.25, 0.3) is 5.56 Å². The molecule has 2 fully saturated rings. The van der Waals surface area contributed by atoms with Crippen LogP contribution in [0.25, 0.3) is 11.0 Å². The molecule has 1 aromatic carbocycles. The molecule has 6 nitrogen and oxygen atoms in total. The lowest BCUT2D eigenvalue weighted by Gasteiger charge is -2.41. The highest BCUT2D eigenvalue weighted by atomic mass is 16.3. The van der Waals surface area contributed by atoms with Crippen LogP contribution in [-0.2, 0) is 25.0 Å². The Hall–Kier alpha value is -2.60. The monoisotopic (exact) mass is 460 g/mol. The number of benzene rings is 1. The number of aromatic nitrogens is 3. The van der Waals surface area contributed by atoms with E-state index in [1.807, 2.05) is 23.0 Å². The molecule has 0 spiro atoms. The van der Waals surface area contributed by atoms with E-state index in [1.165, 1.54) is 44.1 Å². The Bertz CT molecular complexity index is 1240. The molecule has 3 aromatic rings. The molecule has 1 saturated heterocycles. The number of rotatable bonds is 4. The van der Waals surface area contributed by atoms with Crippen LogP contribution in [0, 0.1) is 5.92 Å². The zero-order valence-corrected chi connectivity index (χ0v) is 20.1. The summed E-state index contributed by atoms with van der Waals surface area (Å²) in [5.74, 6) is 0.722. The van der Waals surface area contributed by atoms with Crippen LogP contribution in [0.2, 0.25) is 0 Å². The Labute approximate surface area is 201 Å². The summed E-state index contributed by atoms with van der Waals surface area (Å²) in [7, 11) is 0. The average Bonchev–Trinajstić information content (AvgIpc) is 3.40. The smallest absolute Gasteiger partial charge is 0.257 e. The van der Waals surface area contributed by atoms with Gasteiger partial charge in [-0.15, -0.1) is 0 Å². The SMILES string of the molecule is O=c1c2c(c3cnn(Cc4cccc(O)c4)c3n1[C@@]1(C3CCCCCC3)CCCN1)CCCC2. The Balaban J connectivity index is 1.59. The molecule has 6 rings (SSSR count). The van der Waals surface area contributed by atoms with Crippen molar-refractivity contribution in [1.29, 1.82) is 0 Å². The van der Waals surface area contributed by atoms with Crippen molar-refractivity contribution >= 4 is 11.0 Å². The highest BCUT2D eigenvalue weighted by Gasteiger charge is 2.45. The molecular weight excluding hydrogens is 424 g/mol. The standard InChI is InChI=1S/C28H36N4O2/c33-22-12-7-9-20(17-22)19-31-26-25(18-30-31)23-13-5-6-14-24(23)27(34)32(26)28(15-8-16-29-28)21-10-3-1-2-4-11-21/h7,9,12,17-18,21,29,33H,1-6,8,10-11,13-16,19H2/t28-/m1/s1. The van der Waals surface area contributed by atoms with Gasteiger partial charge in [-0.2, -0.15) is 5.10 Å². The quantitative estimate of drug-likeness (QED) is 0.547. The fourth-order valence-corrected chi connectivity index (χ4v) is 7.04. The lowest BCUT2D eigenvalue weighted by Crippen LogP contribution is -2.54. The number of nitrogens with one attached hydrogen (secondary N) is 1. The van der Waals surface area contributed by atoms with Gasteiger partial charge < -0.3 is 5.11 Å². The number of fused-ring (bicyclic) bond motifs is 3. The molecule has 34 heavy (non-hydrogen) atoms. The minimum Gasteiger partial charge on any atom is -0.508 e. The molecule has 1 aliphatic heterocycles. The maximum atomic E-state index is 14.3. The molecule has 1 atom stereocenters. The first-order valence-electron chi connectivity index (χ1n) is 13.3. The Morgan fingerprint density at radius 1 is 1.03 bits per heavy atom. The second-order valence-corrected chi connectivity index (χ2v) is 10.7. The number of nitrogens with zero attached hydrogens (tertiary/aromatic N) is 3. The maximum absolute atomic E-state index is 14.3. The number of aryl methyl sites for hydroxylation is 1. The highest BCUT2D eigenvalue weighted by molar-refractivity contribution is 5.81. The van der Waals surface area contributed by atoms with Crippen molar-refractivity contribution in [3.8, 4) is 5.75 Å². The highest BCUT2D eigenvalue weighted by Crippen LogP contribution is 2.42. The van der Waals surface area contributed by atoms with Crippen LogP contribution in [0.4, 0.5) is 0 Å². The average molecular weight is 461 g/mol. The van der Waals surface area contributed by atoms with Crippen LogP contribution < -0.4 is 10.9 Å². The number of hydrogen-bond acceptors (Lipinski definition) is 4. The normalized spacial score (nSPS) is 23.8. The molecule has 0 radical (unpaired) electrons. The molecule has 0 amide bonds. The van der Waals surface area contributed by atoms with Crippen molar-refractivity contribution in [2.24, 2.45) is 5.92 Å². The first kappa shape index (κ1) is 21.9. The van der Waals surface area contributed by atoms with Gasteiger partial charge in [0, 0.05) is 10.9 Å². The van der Waals surface area contributed by atoms with E-state index in [2.05, 4.69) is 9.88 Å². The van der Waals surface area contributed by atoms with Crippen LogP contribution in [0.1, 0.15) is 80.9 Å². The topological polar surface area (TPSA) is 72.1 Å². The molecular formula is C28H36N4O2. The second-order valence-electron chi connectivity index (χ2n) is 10.7. The number of pyridine rings is 1. The van der Waals surface area contributed by atoms with Gasteiger partial charge in [-0.1, -0.05) is 37.8 Å². The van der Waals surface area contributed by atoms with Gasteiger partial charge in [-0.3, -0.25) is 14.7 Å². The second kappa shape index (κ2) is 8.88. The minimum absolute atomic E-state index is 0.207. The van der Waals surface area contributed by atoms with E-state index in [0.717, 1.165) is 67.2 Å². The van der Waals surface area contributed by atoms with E-state index in [-0.39, 0.29) is 17.0 Å². The van der Waals surface area contributed by atoms with Gasteiger partial charge in [0.2, 0.25) is 0 Å². The van der Waals surface area contributed by atoms with Gasteiger partial charge in [-0.25, -0.2) is 4.68 Å². The van der Waals surface area contributed by atoms with Gasteiger partial charge in [0.15, 0.2) is 0 Å². The Morgan fingerprint density at radius 3 is 2.56 bits per heavy atom. The van der Waals surface area contributed by atoms with Crippen molar-refractivity contribution in [3.63, 3.8) is 0 Å². The Kier molecular flexibility index (Phi) is 5.72. The van der Waals surface area contributed by atoms with Crippen molar-refractivity contribution in [1.82, 2.24) is 19.7 Å². The number of hydrogen-bond donors (Lipinski definition) is 2. The molecule has 0 unspecified atom stereocenters. The first-order chi connectivity index (χ1) is 16.7. The maximum Gasteiger partial charge on any atom is 0.257 e. The summed E-state index contributed by atoms with van der Waals surface area (Å²) < 4.78 is 4.18. The molecule has 180 valence electrons. The van der Waals surface area contributed by atoms with Crippen molar-refractivity contribution < 1.29 is 5.11 Å². The molecule has 1 saturated carbocycles. The van der Waals surface area contributed by atoms with E-state index in [4.69, 9.17) is 5.10 Å². The predicted molar refractivity (Wildman–Crippen MR) is 134 cm³/mol. The largest absolute Gasteiger partial charge is 0.508 e. The number of phenols is 1. The molecule has 3 aliphatic rings. The molecule has 2 aromatic heterocycles. The minimum atomic E-state index is -0.331. The van der Waals surface area contributed by atoms with Gasteiger partial charge in [0.1, 0.15) is 17.1 Å². The predicted octanol–water partition coefficient (Wildman–Crippen LogP) is 4.84. The number of phenolic OH excluding ortho intramolecular Hbond substituents is 1. The lowest BCUT2D eigenvalue weighted by molar-refractivity contribution is 0.125. The van der Waals surface area contributed by atoms with E-state index in [9.17, 15) is 9.90 Å². The molecule has 0 bridgehead atoms. The van der Waals surface area contributed by atoms with Gasteiger partial charge >= 0.3 is 0 Å². The lowest BCUT2D eigenvalue weighted by atomic mass is 9.83. The molecule has 2 aliphatic carbocycles. The third-order valence-corrected chi connectivity index (χ3v) is 8.62. The third-order valence-electron chi connectivity index (χ3n) is 8.62. The van der Waals surface area contributed by atoms with E-state index >= 15 is 0 Å². The fourth-order valence-electron chi connectivity index (χ4n) is 7.04. The van der Waals surface area contributed by atoms with Crippen LogP contribution in [0.3, 0.4) is 0 Å². The summed E-state index contributed by atoms with van der Waals surface area (Å²) in [6.45, 7) is 1.50. The summed E-state index contributed by atoms with van der Waals surface area (Å²) in [5.41, 5.74) is 4.08. The fraction of sp³-hybridized carbons (Fsp3) is 0.571. The van der Waals surface area contributed by atoms with E-state index < -0.39 is 0 Å². The third kappa shape index (κ3) is 3.58. The van der Waals surface area contributed by atoms with Crippen LogP contribution in [-0.4, -0.2) is 26.0 Å². The summed E-state index contributed by atoms with van der Waals surface area (Å²) in [5, 5.41) is 19.9. The summed E-state index contributed by atoms with van der Waals surface area (Å²) in [6.07, 6.45) is 15.6. The van der Waals surface area contributed by atoms with Gasteiger partial charge in [0.05, 0.1) is 12.7 Å². The van der Waals surface area contributed by atoms with E-state index in [1.54, 1.807) is 12.1 Å². The number of aromatic hydroxyl groups is 1. The summed E-state index contributed by atoms with van der Waals surface area (Å²) in [6, 6.07) is 7.38. The van der Waals surface area contributed by atoms with E-state index in [0.29, 0.717) is 12.5 Å². The van der Waals surface area contributed by atoms with Crippen molar-refractivity contribution in [2.45, 2.75) is 89.3 Å². The summed E-state index contributed by atoms with van der Waals surface area (Å²) >= 11 is 0.